The van der Waals surface area contributed by atoms with Gasteiger partial charge in [0.15, 0.2) is 0 Å². The van der Waals surface area contributed by atoms with Crippen LogP contribution in [0.1, 0.15) is 37.6 Å². The molecule has 5 nitrogen and oxygen atoms in total. The fourth-order valence-electron chi connectivity index (χ4n) is 2.60. The Kier molecular flexibility index (Phi) is 5.31. The van der Waals surface area contributed by atoms with Crippen molar-refractivity contribution in [2.24, 2.45) is 0 Å². The quantitative estimate of drug-likeness (QED) is 0.892. The number of carbonyl (C=O) groups is 2. The first-order valence-electron chi connectivity index (χ1n) is 7.54. The van der Waals surface area contributed by atoms with Crippen LogP contribution < -0.4 is 5.32 Å². The Morgan fingerprint density at radius 1 is 1.43 bits per heavy atom. The number of pyridine rings is 1. The molecule has 1 aromatic rings. The van der Waals surface area contributed by atoms with Crippen molar-refractivity contribution >= 4 is 11.8 Å². The van der Waals surface area contributed by atoms with E-state index in [1.807, 2.05) is 32.0 Å². The Labute approximate surface area is 125 Å². The van der Waals surface area contributed by atoms with Gasteiger partial charge in [-0.15, -0.1) is 0 Å². The van der Waals surface area contributed by atoms with E-state index in [2.05, 4.69) is 10.3 Å². The van der Waals surface area contributed by atoms with E-state index in [1.54, 1.807) is 4.90 Å². The Morgan fingerprint density at radius 3 is 2.95 bits per heavy atom. The summed E-state index contributed by atoms with van der Waals surface area (Å²) in [7, 11) is 0. The molecule has 114 valence electrons. The van der Waals surface area contributed by atoms with Gasteiger partial charge < -0.3 is 10.2 Å². The minimum Gasteiger partial charge on any atom is -0.352 e. The van der Waals surface area contributed by atoms with E-state index in [0.717, 1.165) is 24.2 Å². The topological polar surface area (TPSA) is 62.3 Å². The molecule has 0 spiro atoms. The summed E-state index contributed by atoms with van der Waals surface area (Å²) in [5.74, 6) is -0.00481. The van der Waals surface area contributed by atoms with Crippen molar-refractivity contribution in [2.45, 2.75) is 45.6 Å². The summed E-state index contributed by atoms with van der Waals surface area (Å²) < 4.78 is 0. The Hall–Kier alpha value is -1.91. The third kappa shape index (κ3) is 4.85. The van der Waals surface area contributed by atoms with Crippen molar-refractivity contribution in [3.05, 3.63) is 29.6 Å². The average molecular weight is 289 g/mol. The van der Waals surface area contributed by atoms with Crippen LogP contribution in [-0.4, -0.2) is 40.8 Å². The lowest BCUT2D eigenvalue weighted by atomic mass is 10.1. The molecular weight excluding hydrogens is 266 g/mol. The summed E-state index contributed by atoms with van der Waals surface area (Å²) in [4.78, 5) is 29.8. The van der Waals surface area contributed by atoms with Crippen molar-refractivity contribution in [3.63, 3.8) is 0 Å². The van der Waals surface area contributed by atoms with Crippen LogP contribution in [0.15, 0.2) is 18.2 Å². The molecule has 2 rings (SSSR count). The van der Waals surface area contributed by atoms with Gasteiger partial charge in [-0.1, -0.05) is 6.07 Å². The second-order valence-corrected chi connectivity index (χ2v) is 5.72. The summed E-state index contributed by atoms with van der Waals surface area (Å²) in [6.07, 6.45) is 3.19. The predicted octanol–water partition coefficient (Wildman–Crippen LogP) is 1.45. The highest BCUT2D eigenvalue weighted by molar-refractivity contribution is 5.85. The van der Waals surface area contributed by atoms with Crippen LogP contribution in [0.2, 0.25) is 0 Å². The maximum atomic E-state index is 12.0. The van der Waals surface area contributed by atoms with Gasteiger partial charge in [0.05, 0.1) is 6.54 Å². The average Bonchev–Trinajstić information content (AvgIpc) is 2.41. The van der Waals surface area contributed by atoms with Crippen molar-refractivity contribution in [1.82, 2.24) is 15.2 Å². The number of nitrogens with zero attached hydrogens (tertiary/aromatic N) is 2. The highest BCUT2D eigenvalue weighted by atomic mass is 16.2. The molecule has 1 aliphatic heterocycles. The second-order valence-electron chi connectivity index (χ2n) is 5.72. The summed E-state index contributed by atoms with van der Waals surface area (Å²) in [5.41, 5.74) is 1.95. The number of amides is 2. The van der Waals surface area contributed by atoms with E-state index in [1.165, 1.54) is 0 Å². The van der Waals surface area contributed by atoms with Crippen LogP contribution in [0, 0.1) is 6.92 Å². The summed E-state index contributed by atoms with van der Waals surface area (Å²) in [5, 5.41) is 2.94. The number of carbonyl (C=O) groups excluding carboxylic acids is 2. The van der Waals surface area contributed by atoms with Crippen LogP contribution in [0.4, 0.5) is 0 Å². The van der Waals surface area contributed by atoms with Crippen LogP contribution >= 0.6 is 0 Å². The number of aryl methyl sites for hydroxylation is 1. The van der Waals surface area contributed by atoms with Gasteiger partial charge in [0.1, 0.15) is 0 Å². The Bertz CT molecular complexity index is 516. The van der Waals surface area contributed by atoms with E-state index >= 15 is 0 Å². The summed E-state index contributed by atoms with van der Waals surface area (Å²) in [6.45, 7) is 4.78. The summed E-state index contributed by atoms with van der Waals surface area (Å²) >= 11 is 0. The van der Waals surface area contributed by atoms with Gasteiger partial charge in [0.2, 0.25) is 11.8 Å². The third-order valence-corrected chi connectivity index (χ3v) is 3.62. The lowest BCUT2D eigenvalue weighted by Gasteiger charge is -2.26. The van der Waals surface area contributed by atoms with Crippen molar-refractivity contribution in [1.29, 1.82) is 0 Å². The van der Waals surface area contributed by atoms with Gasteiger partial charge in [-0.3, -0.25) is 14.6 Å². The zero-order valence-electron chi connectivity index (χ0n) is 12.8. The fraction of sp³-hybridized carbons (Fsp3) is 0.562. The molecule has 0 radical (unpaired) electrons. The van der Waals surface area contributed by atoms with Crippen LogP contribution in [0.5, 0.6) is 0 Å². The lowest BCUT2D eigenvalue weighted by molar-refractivity contribution is -0.138. The fourth-order valence-corrected chi connectivity index (χ4v) is 2.60. The van der Waals surface area contributed by atoms with Gasteiger partial charge >= 0.3 is 0 Å². The van der Waals surface area contributed by atoms with Crippen molar-refractivity contribution in [2.75, 3.05) is 13.1 Å². The molecule has 21 heavy (non-hydrogen) atoms. The van der Waals surface area contributed by atoms with Crippen molar-refractivity contribution < 1.29 is 9.59 Å². The molecule has 1 saturated heterocycles. The van der Waals surface area contributed by atoms with Gasteiger partial charge in [0.25, 0.3) is 0 Å². The Balaban J connectivity index is 1.80. The molecule has 0 saturated carbocycles. The zero-order valence-corrected chi connectivity index (χ0v) is 12.8. The third-order valence-electron chi connectivity index (χ3n) is 3.62. The van der Waals surface area contributed by atoms with E-state index in [4.69, 9.17) is 0 Å². The van der Waals surface area contributed by atoms with Crippen LogP contribution in [0.3, 0.4) is 0 Å². The minimum absolute atomic E-state index is 0.00620. The van der Waals surface area contributed by atoms with E-state index in [-0.39, 0.29) is 24.4 Å². The Morgan fingerprint density at radius 2 is 2.24 bits per heavy atom. The van der Waals surface area contributed by atoms with Gasteiger partial charge in [-0.2, -0.15) is 0 Å². The first kappa shape index (κ1) is 15.5. The van der Waals surface area contributed by atoms with Crippen molar-refractivity contribution in [3.8, 4) is 0 Å². The minimum atomic E-state index is -0.0922. The maximum absolute atomic E-state index is 12.0. The number of rotatable bonds is 5. The first-order chi connectivity index (χ1) is 10.0. The number of hydrogen-bond donors (Lipinski definition) is 1. The van der Waals surface area contributed by atoms with E-state index in [9.17, 15) is 9.59 Å². The predicted molar refractivity (Wildman–Crippen MR) is 80.7 cm³/mol. The van der Waals surface area contributed by atoms with Crippen LogP contribution in [-0.2, 0) is 16.0 Å². The normalized spacial score (nSPS) is 16.7. The highest BCUT2D eigenvalue weighted by Gasteiger charge is 2.21. The smallest absolute Gasteiger partial charge is 0.239 e. The standard InChI is InChI=1S/C16H23N3O2/c1-12-6-5-7-14(17-12)10-13(2)18-15(20)11-19-9-4-3-8-16(19)21/h5-7,13H,3-4,8-11H2,1-2H3,(H,18,20)/t13-/m1/s1. The number of likely N-dealkylation sites (tertiary alicyclic amines) is 1. The monoisotopic (exact) mass is 289 g/mol. The lowest BCUT2D eigenvalue weighted by Crippen LogP contribution is -2.45. The van der Waals surface area contributed by atoms with Gasteiger partial charge in [-0.25, -0.2) is 0 Å². The number of aromatic nitrogens is 1. The van der Waals surface area contributed by atoms with Gasteiger partial charge in [0, 0.05) is 36.8 Å². The molecule has 0 aromatic carbocycles. The molecule has 5 heteroatoms. The molecule has 1 N–H and O–H groups in total. The van der Waals surface area contributed by atoms with Crippen LogP contribution in [0.25, 0.3) is 0 Å². The number of hydrogen-bond acceptors (Lipinski definition) is 3. The molecular formula is C16H23N3O2. The van der Waals surface area contributed by atoms with E-state index < -0.39 is 0 Å². The molecule has 0 aliphatic carbocycles. The molecule has 1 aliphatic rings. The second kappa shape index (κ2) is 7.20. The molecule has 0 unspecified atom stereocenters. The molecule has 2 amide bonds. The van der Waals surface area contributed by atoms with Gasteiger partial charge in [-0.05, 0) is 38.8 Å². The molecule has 1 atom stereocenters. The highest BCUT2D eigenvalue weighted by Crippen LogP contribution is 2.09. The number of piperidine rings is 1. The largest absolute Gasteiger partial charge is 0.352 e. The molecule has 2 heterocycles. The number of nitrogens with one attached hydrogen (secondary N) is 1. The van der Waals surface area contributed by atoms with E-state index in [0.29, 0.717) is 19.4 Å². The molecule has 1 fully saturated rings. The molecule has 1 aromatic heterocycles. The summed E-state index contributed by atoms with van der Waals surface area (Å²) in [6, 6.07) is 5.89. The SMILES string of the molecule is Cc1cccc(C[C@@H](C)NC(=O)CN2CCCCC2=O)n1. The first-order valence-corrected chi connectivity index (χ1v) is 7.54. The molecule has 0 bridgehead atoms. The zero-order chi connectivity index (χ0) is 15.2. The maximum Gasteiger partial charge on any atom is 0.239 e.